The van der Waals surface area contributed by atoms with Gasteiger partial charge < -0.3 is 14.8 Å². The molecule has 2 heterocycles. The molecule has 7 nitrogen and oxygen atoms in total. The van der Waals surface area contributed by atoms with Gasteiger partial charge in [-0.1, -0.05) is 0 Å². The van der Waals surface area contributed by atoms with E-state index >= 15 is 0 Å². The van der Waals surface area contributed by atoms with Crippen LogP contribution >= 0.6 is 0 Å². The number of pyridine rings is 2. The molecule has 1 aliphatic rings. The molecule has 2 aromatic rings. The first kappa shape index (κ1) is 23.5. The lowest BCUT2D eigenvalue weighted by Crippen LogP contribution is -2.27. The fourth-order valence-electron chi connectivity index (χ4n) is 3.14. The van der Waals surface area contributed by atoms with Crippen molar-refractivity contribution in [3.05, 3.63) is 46.9 Å². The second-order valence-corrected chi connectivity index (χ2v) is 7.78. The van der Waals surface area contributed by atoms with Crippen molar-refractivity contribution in [2.45, 2.75) is 45.3 Å². The molecule has 10 heteroatoms. The maximum atomic E-state index is 12.8. The number of alkyl halides is 3. The van der Waals surface area contributed by atoms with Crippen molar-refractivity contribution in [1.29, 1.82) is 0 Å². The van der Waals surface area contributed by atoms with Gasteiger partial charge in [0.15, 0.2) is 12.4 Å². The molecule has 1 aliphatic carbocycles. The van der Waals surface area contributed by atoms with Crippen LogP contribution in [0.5, 0.6) is 11.6 Å². The van der Waals surface area contributed by atoms with Crippen molar-refractivity contribution in [1.82, 2.24) is 15.3 Å². The van der Waals surface area contributed by atoms with Gasteiger partial charge in [0.2, 0.25) is 0 Å². The number of halogens is 3. The standard InChI is InChI=1S/C22H24F3N3O4/c1-12-6-15(7-17(27-12)9-18(29)14-4-5-14)20(30)28-13(2)16-8-19(31-3)21(26-10-16)32-11-22(23,24)25/h6-8,10,13-14H,4-5,9,11H2,1-3H3,(H,28,30). The number of amides is 1. The zero-order chi connectivity index (χ0) is 23.5. The van der Waals surface area contributed by atoms with Crippen LogP contribution in [0.3, 0.4) is 0 Å². The highest BCUT2D eigenvalue weighted by atomic mass is 19.4. The molecule has 3 rings (SSSR count). The summed E-state index contributed by atoms with van der Waals surface area (Å²) in [7, 11) is 1.29. The van der Waals surface area contributed by atoms with Crippen molar-refractivity contribution >= 4 is 11.7 Å². The Labute approximate surface area is 183 Å². The van der Waals surface area contributed by atoms with Crippen molar-refractivity contribution < 1.29 is 32.2 Å². The summed E-state index contributed by atoms with van der Waals surface area (Å²) >= 11 is 0. The summed E-state index contributed by atoms with van der Waals surface area (Å²) in [6.07, 6.45) is -1.17. The van der Waals surface area contributed by atoms with Crippen LogP contribution in [0.15, 0.2) is 24.4 Å². The Morgan fingerprint density at radius 3 is 2.59 bits per heavy atom. The minimum Gasteiger partial charge on any atom is -0.491 e. The van der Waals surface area contributed by atoms with Crippen LogP contribution in [-0.2, 0) is 11.2 Å². The molecule has 0 spiro atoms. The van der Waals surface area contributed by atoms with E-state index in [4.69, 9.17) is 4.74 Å². The topological polar surface area (TPSA) is 90.4 Å². The molecule has 0 bridgehead atoms. The lowest BCUT2D eigenvalue weighted by Gasteiger charge is -2.17. The minimum atomic E-state index is -4.50. The number of hydrogen-bond acceptors (Lipinski definition) is 6. The van der Waals surface area contributed by atoms with Gasteiger partial charge in [-0.25, -0.2) is 4.98 Å². The zero-order valence-electron chi connectivity index (χ0n) is 18.0. The van der Waals surface area contributed by atoms with E-state index < -0.39 is 18.8 Å². The fraction of sp³-hybridized carbons (Fsp3) is 0.455. The van der Waals surface area contributed by atoms with Gasteiger partial charge >= 0.3 is 6.18 Å². The Bertz CT molecular complexity index is 1010. The monoisotopic (exact) mass is 451 g/mol. The molecule has 1 atom stereocenters. The normalized spacial score (nSPS) is 14.6. The van der Waals surface area contributed by atoms with Crippen LogP contribution in [0.1, 0.15) is 53.1 Å². The molecule has 0 aliphatic heterocycles. The van der Waals surface area contributed by atoms with Crippen molar-refractivity contribution in [3.8, 4) is 11.6 Å². The van der Waals surface area contributed by atoms with Crippen LogP contribution in [0.2, 0.25) is 0 Å². The second-order valence-electron chi connectivity index (χ2n) is 7.78. The van der Waals surface area contributed by atoms with Gasteiger partial charge in [0, 0.05) is 35.5 Å². The highest BCUT2D eigenvalue weighted by molar-refractivity contribution is 5.95. The number of hydrogen-bond donors (Lipinski definition) is 1. The predicted octanol–water partition coefficient (Wildman–Crippen LogP) is 3.75. The van der Waals surface area contributed by atoms with Gasteiger partial charge in [0.25, 0.3) is 11.8 Å². The first-order valence-electron chi connectivity index (χ1n) is 10.1. The molecule has 172 valence electrons. The van der Waals surface area contributed by atoms with E-state index in [9.17, 15) is 22.8 Å². The number of carbonyl (C=O) groups is 2. The van der Waals surface area contributed by atoms with E-state index in [1.54, 1.807) is 26.0 Å². The Hall–Kier alpha value is -3.17. The largest absolute Gasteiger partial charge is 0.491 e. The van der Waals surface area contributed by atoms with E-state index in [0.717, 1.165) is 12.8 Å². The predicted molar refractivity (Wildman–Crippen MR) is 109 cm³/mol. The van der Waals surface area contributed by atoms with Crippen molar-refractivity contribution in [3.63, 3.8) is 0 Å². The summed E-state index contributed by atoms with van der Waals surface area (Å²) < 4.78 is 46.9. The number of rotatable bonds is 9. The van der Waals surface area contributed by atoms with Gasteiger partial charge in [-0.3, -0.25) is 14.6 Å². The van der Waals surface area contributed by atoms with Crippen LogP contribution in [-0.4, -0.2) is 41.6 Å². The first-order valence-corrected chi connectivity index (χ1v) is 10.1. The minimum absolute atomic E-state index is 0.0217. The highest BCUT2D eigenvalue weighted by Crippen LogP contribution is 2.31. The molecular formula is C22H24F3N3O4. The molecule has 2 aromatic heterocycles. The number of Topliss-reactive ketones (excluding diaryl/α,β-unsaturated/α-hetero) is 1. The number of ether oxygens (including phenoxy) is 2. The van der Waals surface area contributed by atoms with E-state index in [-0.39, 0.29) is 35.7 Å². The molecule has 0 saturated heterocycles. The third kappa shape index (κ3) is 6.41. The quantitative estimate of drug-likeness (QED) is 0.625. The number of aromatic nitrogens is 2. The van der Waals surface area contributed by atoms with Gasteiger partial charge in [-0.2, -0.15) is 13.2 Å². The SMILES string of the molecule is COc1cc(C(C)NC(=O)c2cc(C)nc(CC(=O)C3CC3)c2)cnc1OCC(F)(F)F. The van der Waals surface area contributed by atoms with Crippen molar-refractivity contribution in [2.24, 2.45) is 5.92 Å². The molecule has 1 unspecified atom stereocenters. The number of nitrogens with zero attached hydrogens (tertiary/aromatic N) is 2. The number of methoxy groups -OCH3 is 1. The summed E-state index contributed by atoms with van der Waals surface area (Å²) in [6.45, 7) is 1.96. The van der Waals surface area contributed by atoms with E-state index in [1.807, 2.05) is 0 Å². The van der Waals surface area contributed by atoms with Gasteiger partial charge in [-0.15, -0.1) is 0 Å². The molecule has 1 saturated carbocycles. The van der Waals surface area contributed by atoms with Crippen LogP contribution in [0, 0.1) is 12.8 Å². The third-order valence-electron chi connectivity index (χ3n) is 4.94. The summed E-state index contributed by atoms with van der Waals surface area (Å²) in [4.78, 5) is 33.1. The van der Waals surface area contributed by atoms with Gasteiger partial charge in [0.05, 0.1) is 13.2 Å². The van der Waals surface area contributed by atoms with Crippen LogP contribution in [0.25, 0.3) is 0 Å². The number of nitrogens with one attached hydrogen (secondary N) is 1. The highest BCUT2D eigenvalue weighted by Gasteiger charge is 2.30. The molecule has 0 aromatic carbocycles. The lowest BCUT2D eigenvalue weighted by molar-refractivity contribution is -0.154. The molecular weight excluding hydrogens is 427 g/mol. The van der Waals surface area contributed by atoms with E-state index in [0.29, 0.717) is 22.5 Å². The third-order valence-corrected chi connectivity index (χ3v) is 4.94. The second kappa shape index (κ2) is 9.54. The lowest BCUT2D eigenvalue weighted by atomic mass is 10.1. The summed E-state index contributed by atoms with van der Waals surface area (Å²) in [5.74, 6) is -0.399. The first-order chi connectivity index (χ1) is 15.1. The molecule has 0 radical (unpaired) electrons. The number of ketones is 1. The average Bonchev–Trinajstić information content (AvgIpc) is 3.56. The van der Waals surface area contributed by atoms with Crippen LogP contribution < -0.4 is 14.8 Å². The Kier molecular flexibility index (Phi) is 7.00. The summed E-state index contributed by atoms with van der Waals surface area (Å²) in [5, 5.41) is 2.81. The van der Waals surface area contributed by atoms with Gasteiger partial charge in [-0.05, 0) is 50.5 Å². The molecule has 1 N–H and O–H groups in total. The molecule has 1 amide bonds. The molecule has 32 heavy (non-hydrogen) atoms. The van der Waals surface area contributed by atoms with Gasteiger partial charge in [0.1, 0.15) is 5.78 Å². The summed E-state index contributed by atoms with van der Waals surface area (Å²) in [6, 6.07) is 4.16. The van der Waals surface area contributed by atoms with E-state index in [2.05, 4.69) is 20.0 Å². The van der Waals surface area contributed by atoms with Crippen molar-refractivity contribution in [2.75, 3.05) is 13.7 Å². The number of carbonyl (C=O) groups excluding carboxylic acids is 2. The maximum absolute atomic E-state index is 12.8. The Balaban J connectivity index is 1.69. The summed E-state index contributed by atoms with van der Waals surface area (Å²) in [5.41, 5.74) is 2.06. The zero-order valence-corrected chi connectivity index (χ0v) is 18.0. The van der Waals surface area contributed by atoms with E-state index in [1.165, 1.54) is 19.4 Å². The van der Waals surface area contributed by atoms with Crippen LogP contribution in [0.4, 0.5) is 13.2 Å². The fourth-order valence-corrected chi connectivity index (χ4v) is 3.14. The number of aryl methyl sites for hydroxylation is 1. The average molecular weight is 451 g/mol. The Morgan fingerprint density at radius 2 is 1.97 bits per heavy atom. The smallest absolute Gasteiger partial charge is 0.422 e. The maximum Gasteiger partial charge on any atom is 0.422 e. The molecule has 1 fully saturated rings. The Morgan fingerprint density at radius 1 is 1.25 bits per heavy atom.